The highest BCUT2D eigenvalue weighted by Crippen LogP contribution is 2.32. The van der Waals surface area contributed by atoms with Gasteiger partial charge < -0.3 is 11.5 Å². The maximum atomic E-state index is 11.4. The summed E-state index contributed by atoms with van der Waals surface area (Å²) in [6.07, 6.45) is 1.92. The molecule has 4 nitrogen and oxygen atoms in total. The zero-order valence-electron chi connectivity index (χ0n) is 11.6. The van der Waals surface area contributed by atoms with Crippen molar-refractivity contribution in [2.75, 3.05) is 13.1 Å². The van der Waals surface area contributed by atoms with Gasteiger partial charge in [0.1, 0.15) is 0 Å². The fourth-order valence-electron chi connectivity index (χ4n) is 2.88. The third-order valence-corrected chi connectivity index (χ3v) is 4.87. The SMILES string of the molecule is Cc1ccc(C(C(C)N)N2CCCC(C(N)=O)C2)s1. The van der Waals surface area contributed by atoms with Crippen LogP contribution in [0.1, 0.15) is 35.6 Å². The molecular formula is C14H23N3OS. The zero-order valence-corrected chi connectivity index (χ0v) is 12.5. The van der Waals surface area contributed by atoms with Gasteiger partial charge in [-0.05, 0) is 45.4 Å². The average molecular weight is 281 g/mol. The van der Waals surface area contributed by atoms with Gasteiger partial charge >= 0.3 is 0 Å². The molecule has 1 amide bonds. The van der Waals surface area contributed by atoms with Gasteiger partial charge in [-0.3, -0.25) is 9.69 Å². The first kappa shape index (κ1) is 14.5. The van der Waals surface area contributed by atoms with Gasteiger partial charge in [0.2, 0.25) is 5.91 Å². The van der Waals surface area contributed by atoms with Crippen molar-refractivity contribution >= 4 is 17.2 Å². The van der Waals surface area contributed by atoms with Gasteiger partial charge in [-0.1, -0.05) is 0 Å². The molecule has 0 aromatic carbocycles. The van der Waals surface area contributed by atoms with Crippen LogP contribution in [0.2, 0.25) is 0 Å². The van der Waals surface area contributed by atoms with Gasteiger partial charge in [0.05, 0.1) is 12.0 Å². The molecule has 1 aliphatic rings. The Morgan fingerprint density at radius 3 is 2.79 bits per heavy atom. The fraction of sp³-hybridized carbons (Fsp3) is 0.643. The first-order chi connectivity index (χ1) is 8.99. The quantitative estimate of drug-likeness (QED) is 0.881. The molecule has 1 saturated heterocycles. The van der Waals surface area contributed by atoms with E-state index in [0.717, 1.165) is 25.9 Å². The number of piperidine rings is 1. The van der Waals surface area contributed by atoms with Crippen LogP contribution in [0, 0.1) is 12.8 Å². The highest BCUT2D eigenvalue weighted by molar-refractivity contribution is 7.12. The topological polar surface area (TPSA) is 72.3 Å². The van der Waals surface area contributed by atoms with Crippen molar-refractivity contribution in [1.29, 1.82) is 0 Å². The second kappa shape index (κ2) is 6.03. The summed E-state index contributed by atoms with van der Waals surface area (Å²) < 4.78 is 0. The van der Waals surface area contributed by atoms with Crippen molar-refractivity contribution in [3.8, 4) is 0 Å². The summed E-state index contributed by atoms with van der Waals surface area (Å²) in [5.41, 5.74) is 11.6. The van der Waals surface area contributed by atoms with Crippen molar-refractivity contribution in [2.45, 2.75) is 38.8 Å². The summed E-state index contributed by atoms with van der Waals surface area (Å²) in [5.74, 6) is -0.216. The molecule has 0 spiro atoms. The first-order valence-corrected chi connectivity index (χ1v) is 7.66. The predicted octanol–water partition coefficient (Wildman–Crippen LogP) is 1.64. The maximum absolute atomic E-state index is 11.4. The summed E-state index contributed by atoms with van der Waals surface area (Å²) >= 11 is 1.79. The molecule has 2 rings (SSSR count). The molecule has 0 bridgehead atoms. The average Bonchev–Trinajstić information content (AvgIpc) is 2.75. The molecular weight excluding hydrogens is 258 g/mol. The number of carbonyl (C=O) groups is 1. The van der Waals surface area contributed by atoms with Gasteiger partial charge in [-0.15, -0.1) is 11.3 Å². The standard InChI is InChI=1S/C14H23N3OS/c1-9-5-6-12(19-9)13(10(2)15)17-7-3-4-11(8-17)14(16)18/h5-6,10-11,13H,3-4,7-8,15H2,1-2H3,(H2,16,18). The molecule has 0 saturated carbocycles. The summed E-state index contributed by atoms with van der Waals surface area (Å²) in [4.78, 5) is 16.3. The van der Waals surface area contributed by atoms with E-state index >= 15 is 0 Å². The number of likely N-dealkylation sites (tertiary alicyclic amines) is 1. The minimum Gasteiger partial charge on any atom is -0.369 e. The van der Waals surface area contributed by atoms with Crippen LogP contribution in [0.5, 0.6) is 0 Å². The number of nitrogens with two attached hydrogens (primary N) is 2. The Hall–Kier alpha value is -0.910. The number of carbonyl (C=O) groups excluding carboxylic acids is 1. The molecule has 1 fully saturated rings. The lowest BCUT2D eigenvalue weighted by molar-refractivity contribution is -0.123. The van der Waals surface area contributed by atoms with E-state index in [1.165, 1.54) is 9.75 Å². The third kappa shape index (κ3) is 3.35. The minimum atomic E-state index is -0.185. The van der Waals surface area contributed by atoms with Crippen molar-refractivity contribution < 1.29 is 4.79 Å². The fourth-order valence-corrected chi connectivity index (χ4v) is 4.00. The number of rotatable bonds is 4. The number of thiophene rings is 1. The van der Waals surface area contributed by atoms with E-state index in [-0.39, 0.29) is 23.9 Å². The van der Waals surface area contributed by atoms with Crippen molar-refractivity contribution in [3.63, 3.8) is 0 Å². The van der Waals surface area contributed by atoms with Crippen molar-refractivity contribution in [1.82, 2.24) is 4.90 Å². The Kier molecular flexibility index (Phi) is 4.60. The van der Waals surface area contributed by atoms with Crippen molar-refractivity contribution in [3.05, 3.63) is 21.9 Å². The lowest BCUT2D eigenvalue weighted by Gasteiger charge is -2.38. The van der Waals surface area contributed by atoms with Gasteiger partial charge in [-0.2, -0.15) is 0 Å². The number of hydrogen-bond acceptors (Lipinski definition) is 4. The molecule has 0 aliphatic carbocycles. The highest BCUT2D eigenvalue weighted by atomic mass is 32.1. The van der Waals surface area contributed by atoms with E-state index in [0.29, 0.717) is 0 Å². The van der Waals surface area contributed by atoms with E-state index < -0.39 is 0 Å². The third-order valence-electron chi connectivity index (χ3n) is 3.80. The number of aryl methyl sites for hydroxylation is 1. The Morgan fingerprint density at radius 1 is 1.53 bits per heavy atom. The number of amides is 1. The molecule has 4 N–H and O–H groups in total. The smallest absolute Gasteiger partial charge is 0.221 e. The summed E-state index contributed by atoms with van der Waals surface area (Å²) in [5, 5.41) is 0. The van der Waals surface area contributed by atoms with Crippen LogP contribution in [0.3, 0.4) is 0 Å². The number of nitrogens with zero attached hydrogens (tertiary/aromatic N) is 1. The lowest BCUT2D eigenvalue weighted by atomic mass is 9.94. The second-order valence-electron chi connectivity index (χ2n) is 5.49. The van der Waals surface area contributed by atoms with E-state index in [2.05, 4.69) is 24.0 Å². The van der Waals surface area contributed by atoms with Gasteiger partial charge in [0, 0.05) is 22.3 Å². The van der Waals surface area contributed by atoms with Crippen LogP contribution in [-0.2, 0) is 4.79 Å². The Labute approximate surface area is 118 Å². The van der Waals surface area contributed by atoms with Gasteiger partial charge in [0.15, 0.2) is 0 Å². The molecule has 3 unspecified atom stereocenters. The number of hydrogen-bond donors (Lipinski definition) is 2. The van der Waals surface area contributed by atoms with Gasteiger partial charge in [-0.25, -0.2) is 0 Å². The molecule has 19 heavy (non-hydrogen) atoms. The Balaban J connectivity index is 2.17. The van der Waals surface area contributed by atoms with Crippen LogP contribution in [-0.4, -0.2) is 29.9 Å². The molecule has 2 heterocycles. The predicted molar refractivity (Wildman–Crippen MR) is 78.9 cm³/mol. The van der Waals surface area contributed by atoms with E-state index in [1.54, 1.807) is 11.3 Å². The van der Waals surface area contributed by atoms with Crippen LogP contribution in [0.25, 0.3) is 0 Å². The summed E-state index contributed by atoms with van der Waals surface area (Å²) in [6, 6.07) is 4.53. The largest absolute Gasteiger partial charge is 0.369 e. The van der Waals surface area contributed by atoms with E-state index in [9.17, 15) is 4.79 Å². The lowest BCUT2D eigenvalue weighted by Crippen LogP contribution is -2.47. The monoisotopic (exact) mass is 281 g/mol. The normalized spacial score (nSPS) is 24.1. The zero-order chi connectivity index (χ0) is 14.0. The molecule has 1 aliphatic heterocycles. The Bertz CT molecular complexity index is 444. The molecule has 3 atom stereocenters. The van der Waals surface area contributed by atoms with Crippen LogP contribution in [0.4, 0.5) is 0 Å². The summed E-state index contributed by atoms with van der Waals surface area (Å²) in [7, 11) is 0. The van der Waals surface area contributed by atoms with E-state index in [1.807, 2.05) is 6.92 Å². The molecule has 106 valence electrons. The minimum absolute atomic E-state index is 0.0314. The molecule has 0 radical (unpaired) electrons. The first-order valence-electron chi connectivity index (χ1n) is 6.84. The van der Waals surface area contributed by atoms with Crippen LogP contribution < -0.4 is 11.5 Å². The molecule has 1 aromatic rings. The van der Waals surface area contributed by atoms with Crippen LogP contribution in [0.15, 0.2) is 12.1 Å². The molecule has 5 heteroatoms. The highest BCUT2D eigenvalue weighted by Gasteiger charge is 2.31. The Morgan fingerprint density at radius 2 is 2.26 bits per heavy atom. The molecule has 1 aromatic heterocycles. The van der Waals surface area contributed by atoms with E-state index in [4.69, 9.17) is 11.5 Å². The second-order valence-corrected chi connectivity index (χ2v) is 6.81. The van der Waals surface area contributed by atoms with Crippen LogP contribution >= 0.6 is 11.3 Å². The van der Waals surface area contributed by atoms with Crippen molar-refractivity contribution in [2.24, 2.45) is 17.4 Å². The summed E-state index contributed by atoms with van der Waals surface area (Å²) in [6.45, 7) is 5.87. The number of primary amides is 1. The van der Waals surface area contributed by atoms with Gasteiger partial charge in [0.25, 0.3) is 0 Å². The maximum Gasteiger partial charge on any atom is 0.221 e.